The molecule has 5 rings (SSSR count). The lowest BCUT2D eigenvalue weighted by atomic mass is 10.1. The molecule has 0 radical (unpaired) electrons. The first-order valence-corrected chi connectivity index (χ1v) is 13.4. The van der Waals surface area contributed by atoms with E-state index in [0.717, 1.165) is 35.1 Å². The van der Waals surface area contributed by atoms with Gasteiger partial charge in [-0.25, -0.2) is 22.5 Å². The monoisotopic (exact) mass is 476 g/mol. The first-order valence-electron chi connectivity index (χ1n) is 10.6. The van der Waals surface area contributed by atoms with Crippen molar-refractivity contribution in [3.63, 3.8) is 0 Å². The number of aromatic nitrogens is 2. The molecule has 0 amide bonds. The van der Waals surface area contributed by atoms with Crippen LogP contribution in [0.3, 0.4) is 0 Å². The normalized spacial score (nSPS) is 17.6. The Morgan fingerprint density at radius 2 is 1.88 bits per heavy atom. The molecule has 1 saturated heterocycles. The number of benzene rings is 1. The number of nitrogens with zero attached hydrogens (tertiary/aromatic N) is 3. The number of halogens is 1. The molecule has 1 aromatic carbocycles. The molecule has 170 valence electrons. The smallest absolute Gasteiger partial charge is 0.229 e. The molecule has 0 bridgehead atoms. The third kappa shape index (κ3) is 4.94. The van der Waals surface area contributed by atoms with Crippen molar-refractivity contribution in [3.8, 4) is 0 Å². The van der Waals surface area contributed by atoms with E-state index in [9.17, 15) is 12.8 Å². The van der Waals surface area contributed by atoms with Gasteiger partial charge in [0.2, 0.25) is 16.0 Å². The quantitative estimate of drug-likeness (QED) is 0.479. The van der Waals surface area contributed by atoms with Crippen LogP contribution in [-0.2, 0) is 10.0 Å². The highest BCUT2D eigenvalue weighted by molar-refractivity contribution is 7.88. The van der Waals surface area contributed by atoms with Crippen LogP contribution in [0.4, 0.5) is 27.5 Å². The lowest BCUT2D eigenvalue weighted by Crippen LogP contribution is -2.44. The molecule has 3 aromatic rings. The zero-order valence-electron chi connectivity index (χ0n) is 17.6. The van der Waals surface area contributed by atoms with Gasteiger partial charge in [-0.2, -0.15) is 4.98 Å². The van der Waals surface area contributed by atoms with Crippen molar-refractivity contribution < 1.29 is 12.8 Å². The average molecular weight is 477 g/mol. The van der Waals surface area contributed by atoms with Crippen LogP contribution in [0.2, 0.25) is 0 Å². The Labute approximate surface area is 190 Å². The molecule has 2 aliphatic rings. The highest BCUT2D eigenvalue weighted by atomic mass is 32.2. The van der Waals surface area contributed by atoms with Crippen LogP contribution in [0.5, 0.6) is 0 Å². The van der Waals surface area contributed by atoms with Gasteiger partial charge in [0.25, 0.3) is 0 Å². The molecule has 3 heterocycles. The molecule has 3 N–H and O–H groups in total. The minimum Gasteiger partial charge on any atom is -0.369 e. The van der Waals surface area contributed by atoms with Gasteiger partial charge in [0.1, 0.15) is 11.6 Å². The minimum atomic E-state index is -3.23. The maximum Gasteiger partial charge on any atom is 0.229 e. The van der Waals surface area contributed by atoms with Crippen LogP contribution in [0, 0.1) is 5.82 Å². The van der Waals surface area contributed by atoms with E-state index in [1.54, 1.807) is 17.4 Å². The van der Waals surface area contributed by atoms with Crippen molar-refractivity contribution in [2.75, 3.05) is 34.9 Å². The topological polar surface area (TPSA) is 99.3 Å². The van der Waals surface area contributed by atoms with Gasteiger partial charge in [0.15, 0.2) is 0 Å². The summed E-state index contributed by atoms with van der Waals surface area (Å²) in [5.74, 6) is 0.911. The molecule has 0 atom stereocenters. The second-order valence-corrected chi connectivity index (χ2v) is 11.1. The number of nitrogens with one attached hydrogen (secondary N) is 3. The Balaban J connectivity index is 1.29. The van der Waals surface area contributed by atoms with E-state index >= 15 is 0 Å². The first kappa shape index (κ1) is 21.4. The number of piperidine rings is 1. The van der Waals surface area contributed by atoms with Gasteiger partial charge in [0.05, 0.1) is 22.2 Å². The minimum absolute atomic E-state index is 0.104. The fourth-order valence-corrected chi connectivity index (χ4v) is 5.57. The second kappa shape index (κ2) is 8.45. The Kier molecular flexibility index (Phi) is 5.64. The number of anilines is 4. The zero-order chi connectivity index (χ0) is 22.3. The van der Waals surface area contributed by atoms with Crippen molar-refractivity contribution in [2.45, 2.75) is 37.8 Å². The van der Waals surface area contributed by atoms with Crippen molar-refractivity contribution in [3.05, 3.63) is 35.5 Å². The van der Waals surface area contributed by atoms with E-state index in [1.165, 1.54) is 6.07 Å². The van der Waals surface area contributed by atoms with Gasteiger partial charge < -0.3 is 15.5 Å². The Morgan fingerprint density at radius 3 is 2.56 bits per heavy atom. The third-order valence-corrected chi connectivity index (χ3v) is 7.31. The number of rotatable bonds is 7. The molecule has 8 nitrogen and oxygen atoms in total. The first-order chi connectivity index (χ1) is 15.3. The SMILES string of the molecule is CS(=O)(=O)NC1CCN(c2ccc(Nc3nc(NC4CC4)c4sccc4n3)cc2F)CC1. The van der Waals surface area contributed by atoms with Gasteiger partial charge in [-0.05, 0) is 55.3 Å². The van der Waals surface area contributed by atoms with Crippen LogP contribution in [-0.4, -0.2) is 49.8 Å². The van der Waals surface area contributed by atoms with Crippen LogP contribution >= 0.6 is 11.3 Å². The summed E-state index contributed by atoms with van der Waals surface area (Å²) in [7, 11) is -3.23. The van der Waals surface area contributed by atoms with Gasteiger partial charge in [-0.1, -0.05) is 0 Å². The number of sulfonamides is 1. The summed E-state index contributed by atoms with van der Waals surface area (Å²) in [6.07, 6.45) is 4.73. The van der Waals surface area contributed by atoms with Gasteiger partial charge in [0, 0.05) is 30.9 Å². The summed E-state index contributed by atoms with van der Waals surface area (Å²) in [6, 6.07) is 7.33. The van der Waals surface area contributed by atoms with Gasteiger partial charge >= 0.3 is 0 Å². The molecule has 1 aliphatic heterocycles. The Morgan fingerprint density at radius 1 is 1.09 bits per heavy atom. The zero-order valence-corrected chi connectivity index (χ0v) is 19.3. The van der Waals surface area contributed by atoms with E-state index in [4.69, 9.17) is 0 Å². The van der Waals surface area contributed by atoms with E-state index in [1.807, 2.05) is 22.4 Å². The standard InChI is InChI=1S/C21H25FN6O2S2/c1-32(29,30)27-14-6-9-28(10-7-14)18-5-4-15(12-16(18)22)24-21-25-17-8-11-31-19(17)20(26-21)23-13-2-3-13/h4-5,8,11-14,27H,2-3,6-7,9-10H2,1H3,(H2,23,24,25,26). The van der Waals surface area contributed by atoms with E-state index < -0.39 is 10.0 Å². The maximum absolute atomic E-state index is 14.9. The van der Waals surface area contributed by atoms with Crippen molar-refractivity contribution in [2.24, 2.45) is 0 Å². The number of hydrogen-bond acceptors (Lipinski definition) is 8. The highest BCUT2D eigenvalue weighted by Gasteiger charge is 2.24. The largest absolute Gasteiger partial charge is 0.369 e. The molecule has 0 spiro atoms. The predicted octanol–water partition coefficient (Wildman–Crippen LogP) is 3.67. The lowest BCUT2D eigenvalue weighted by Gasteiger charge is -2.33. The molecule has 32 heavy (non-hydrogen) atoms. The number of hydrogen-bond donors (Lipinski definition) is 3. The molecule has 1 aliphatic carbocycles. The van der Waals surface area contributed by atoms with Crippen molar-refractivity contribution in [1.82, 2.24) is 14.7 Å². The lowest BCUT2D eigenvalue weighted by molar-refractivity contribution is 0.457. The fraction of sp³-hybridized carbons (Fsp3) is 0.429. The summed E-state index contributed by atoms with van der Waals surface area (Å²) >= 11 is 1.60. The predicted molar refractivity (Wildman–Crippen MR) is 127 cm³/mol. The molecular weight excluding hydrogens is 451 g/mol. The van der Waals surface area contributed by atoms with Gasteiger partial charge in [-0.15, -0.1) is 11.3 Å². The summed E-state index contributed by atoms with van der Waals surface area (Å²) in [4.78, 5) is 11.1. The average Bonchev–Trinajstić information content (AvgIpc) is 3.41. The number of fused-ring (bicyclic) bond motifs is 1. The third-order valence-electron chi connectivity index (χ3n) is 5.64. The summed E-state index contributed by atoms with van der Waals surface area (Å²) < 4.78 is 41.4. The molecule has 2 aromatic heterocycles. The van der Waals surface area contributed by atoms with Crippen LogP contribution in [0.25, 0.3) is 10.2 Å². The van der Waals surface area contributed by atoms with Crippen LogP contribution in [0.15, 0.2) is 29.6 Å². The molecule has 2 fully saturated rings. The van der Waals surface area contributed by atoms with Crippen molar-refractivity contribution >= 4 is 54.7 Å². The summed E-state index contributed by atoms with van der Waals surface area (Å²) in [5.41, 5.74) is 1.95. The Bertz CT molecular complexity index is 1240. The van der Waals surface area contributed by atoms with E-state index in [2.05, 4.69) is 25.3 Å². The van der Waals surface area contributed by atoms with Crippen LogP contribution < -0.4 is 20.3 Å². The fourth-order valence-electron chi connectivity index (χ4n) is 3.95. The Hall–Kier alpha value is -2.50. The summed E-state index contributed by atoms with van der Waals surface area (Å²) in [6.45, 7) is 1.18. The summed E-state index contributed by atoms with van der Waals surface area (Å²) in [5, 5.41) is 8.57. The van der Waals surface area contributed by atoms with Crippen molar-refractivity contribution in [1.29, 1.82) is 0 Å². The molecular formula is C21H25FN6O2S2. The van der Waals surface area contributed by atoms with Crippen LogP contribution in [0.1, 0.15) is 25.7 Å². The number of thiophene rings is 1. The molecule has 11 heteroatoms. The highest BCUT2D eigenvalue weighted by Crippen LogP contribution is 2.33. The molecule has 0 unspecified atom stereocenters. The second-order valence-electron chi connectivity index (χ2n) is 8.39. The van der Waals surface area contributed by atoms with E-state index in [-0.39, 0.29) is 11.9 Å². The molecule has 1 saturated carbocycles. The van der Waals surface area contributed by atoms with Gasteiger partial charge in [-0.3, -0.25) is 0 Å². The maximum atomic E-state index is 14.9. The van der Waals surface area contributed by atoms with E-state index in [0.29, 0.717) is 49.3 Å².